The summed E-state index contributed by atoms with van der Waals surface area (Å²) in [4.78, 5) is 57.8. The van der Waals surface area contributed by atoms with Crippen LogP contribution < -0.4 is 20.7 Å². The van der Waals surface area contributed by atoms with Crippen LogP contribution in [0.3, 0.4) is 0 Å². The number of hydrogen-bond donors (Lipinski definition) is 3. The second-order valence-electron chi connectivity index (χ2n) is 7.71. The van der Waals surface area contributed by atoms with E-state index in [1.807, 2.05) is 0 Å². The number of aromatic nitrogens is 3. The predicted octanol–water partition coefficient (Wildman–Crippen LogP) is -2.05. The molecule has 1 saturated heterocycles. The Morgan fingerprint density at radius 2 is 2.14 bits per heavy atom. The van der Waals surface area contributed by atoms with E-state index in [2.05, 4.69) is 19.8 Å². The van der Waals surface area contributed by atoms with Crippen molar-refractivity contribution in [1.82, 2.24) is 19.6 Å². The van der Waals surface area contributed by atoms with Gasteiger partial charge < -0.3 is 35.8 Å². The molecule has 188 valence electrons. The van der Waals surface area contributed by atoms with Gasteiger partial charge in [-0.25, -0.2) is 9.36 Å². The average molecular weight is 534 g/mol. The van der Waals surface area contributed by atoms with Crippen LogP contribution in [0.5, 0.6) is 0 Å². The molecule has 0 saturated carbocycles. The molecular weight excluding hydrogens is 514 g/mol. The monoisotopic (exact) mass is 533 g/mol. The summed E-state index contributed by atoms with van der Waals surface area (Å²) >= 11 is 2.26. The lowest BCUT2D eigenvalue weighted by molar-refractivity contribution is -0.689. The fourth-order valence-electron chi connectivity index (χ4n) is 3.28. The van der Waals surface area contributed by atoms with Crippen molar-refractivity contribution in [2.24, 2.45) is 5.16 Å². The lowest BCUT2D eigenvalue weighted by Crippen LogP contribution is -2.69. The number of carbonyl (C=O) groups excluding carboxylic acids is 3. The molecule has 3 atom stereocenters. The first-order valence-electron chi connectivity index (χ1n) is 10.3. The Labute approximate surface area is 211 Å². The van der Waals surface area contributed by atoms with Crippen LogP contribution in [0.25, 0.3) is 0 Å². The molecule has 4 rings (SSSR count). The number of amides is 2. The molecular formula is C20H19N7O7S2. The summed E-state index contributed by atoms with van der Waals surface area (Å²) in [6.45, 7) is 1.68. The molecule has 36 heavy (non-hydrogen) atoms. The van der Waals surface area contributed by atoms with E-state index >= 15 is 0 Å². The molecule has 16 heteroatoms. The third-order valence-corrected chi connectivity index (χ3v) is 7.08. The zero-order valence-corrected chi connectivity index (χ0v) is 20.2. The standard InChI is InChI=1S/C20H19N7O7S2/c1-9(18(30)31)34-24-12(14-23-20(21)36-25-14)15(28)22-13-16(29)27-7-10(8-35-17(13)27)6-26-4-2-11(3-5-26)19(32)33/h2-5,7,9,13,17H,6,8H2,1H3,(H4-,21,22,23,25,28,30,31,32,33)/t9?,13?,17-/m0/s1. The van der Waals surface area contributed by atoms with Gasteiger partial charge in [-0.15, -0.1) is 11.8 Å². The molecule has 0 bridgehead atoms. The molecule has 0 spiro atoms. The number of carboxylic acids is 2. The Bertz CT molecular complexity index is 1280. The van der Waals surface area contributed by atoms with Crippen LogP contribution in [0, 0.1) is 0 Å². The first kappa shape index (κ1) is 25.1. The molecule has 2 aliphatic heterocycles. The summed E-state index contributed by atoms with van der Waals surface area (Å²) in [6.07, 6.45) is 3.59. The lowest BCUT2D eigenvalue weighted by atomic mass is 10.1. The highest BCUT2D eigenvalue weighted by Crippen LogP contribution is 2.36. The highest BCUT2D eigenvalue weighted by atomic mass is 32.2. The van der Waals surface area contributed by atoms with Crippen molar-refractivity contribution in [3.8, 4) is 0 Å². The number of thioether (sulfide) groups is 1. The number of pyridine rings is 1. The summed E-state index contributed by atoms with van der Waals surface area (Å²) < 4.78 is 5.69. The van der Waals surface area contributed by atoms with E-state index < -0.39 is 35.7 Å². The molecule has 2 aliphatic rings. The van der Waals surface area contributed by atoms with Crippen LogP contribution in [-0.2, 0) is 25.8 Å². The van der Waals surface area contributed by atoms with Gasteiger partial charge in [-0.1, -0.05) is 5.16 Å². The van der Waals surface area contributed by atoms with E-state index in [4.69, 9.17) is 15.7 Å². The first-order chi connectivity index (χ1) is 17.1. The number of nitrogens with one attached hydrogen (secondary N) is 1. The quantitative estimate of drug-likeness (QED) is 0.138. The highest BCUT2D eigenvalue weighted by Gasteiger charge is 2.50. The molecule has 1 fully saturated rings. The molecule has 0 radical (unpaired) electrons. The second-order valence-corrected chi connectivity index (χ2v) is 9.60. The third kappa shape index (κ3) is 5.28. The summed E-state index contributed by atoms with van der Waals surface area (Å²) in [5, 5.41) is 25.8. The Morgan fingerprint density at radius 1 is 1.42 bits per heavy atom. The van der Waals surface area contributed by atoms with Crippen LogP contribution >= 0.6 is 23.3 Å². The van der Waals surface area contributed by atoms with Crippen LogP contribution in [0.1, 0.15) is 23.1 Å². The molecule has 0 aliphatic carbocycles. The largest absolute Gasteiger partial charge is 0.545 e. The maximum absolute atomic E-state index is 12.9. The topological polar surface area (TPSA) is 204 Å². The average Bonchev–Trinajstić information content (AvgIpc) is 3.28. The van der Waals surface area contributed by atoms with Gasteiger partial charge in [0.05, 0.1) is 5.97 Å². The Balaban J connectivity index is 1.42. The molecule has 14 nitrogen and oxygen atoms in total. The van der Waals surface area contributed by atoms with Crippen molar-refractivity contribution < 1.29 is 38.8 Å². The lowest BCUT2D eigenvalue weighted by Gasteiger charge is -2.47. The van der Waals surface area contributed by atoms with Gasteiger partial charge in [0.15, 0.2) is 24.1 Å². The Kier molecular flexibility index (Phi) is 7.16. The number of oxime groups is 1. The van der Waals surface area contributed by atoms with Gasteiger partial charge in [0, 0.05) is 46.8 Å². The van der Waals surface area contributed by atoms with Gasteiger partial charge in [-0.2, -0.15) is 9.36 Å². The molecule has 2 aromatic heterocycles. The number of fused-ring (bicyclic) bond motifs is 1. The minimum absolute atomic E-state index is 0.0651. The third-order valence-electron chi connectivity index (χ3n) is 5.16. The normalized spacial score (nSPS) is 20.0. The first-order valence-corrected chi connectivity index (χ1v) is 12.2. The molecule has 2 amide bonds. The number of aromatic carboxylic acids is 1. The maximum Gasteiger partial charge on any atom is 0.347 e. The van der Waals surface area contributed by atoms with Crippen molar-refractivity contribution in [1.29, 1.82) is 0 Å². The highest BCUT2D eigenvalue weighted by molar-refractivity contribution is 8.00. The summed E-state index contributed by atoms with van der Waals surface area (Å²) in [5.74, 6) is -3.30. The number of nitrogen functional groups attached to an aromatic ring is 1. The SMILES string of the molecule is CC(ON=C(C(=O)NC1C(=O)N2C=C(C[n+]3ccc(C(=O)[O-])cc3)CS[C@@H]12)c1nsc(N)n1)C(=O)O. The number of carboxylic acid groups (broad SMARTS) is 2. The van der Waals surface area contributed by atoms with Crippen LogP contribution in [0.2, 0.25) is 0 Å². The van der Waals surface area contributed by atoms with Gasteiger partial charge in [0.25, 0.3) is 11.8 Å². The van der Waals surface area contributed by atoms with Crippen LogP contribution in [0.15, 0.2) is 41.5 Å². The molecule has 4 N–H and O–H groups in total. The number of hydrogen-bond acceptors (Lipinski definition) is 12. The smallest absolute Gasteiger partial charge is 0.347 e. The number of β-lactam (4-membered cyclic amide) rings is 1. The van der Waals surface area contributed by atoms with E-state index in [0.717, 1.165) is 17.1 Å². The molecule has 2 unspecified atom stereocenters. The summed E-state index contributed by atoms with van der Waals surface area (Å²) in [5.41, 5.74) is 6.16. The van der Waals surface area contributed by atoms with E-state index in [0.29, 0.717) is 12.3 Å². The van der Waals surface area contributed by atoms with Crippen LogP contribution in [-0.4, -0.2) is 72.1 Å². The fraction of sp³-hybridized carbons (Fsp3) is 0.300. The van der Waals surface area contributed by atoms with Gasteiger partial charge in [0.2, 0.25) is 17.6 Å². The zero-order valence-electron chi connectivity index (χ0n) is 18.6. The number of carbonyl (C=O) groups is 4. The minimum Gasteiger partial charge on any atom is -0.545 e. The van der Waals surface area contributed by atoms with Crippen molar-refractivity contribution in [3.05, 3.63) is 47.7 Å². The number of nitrogens with two attached hydrogens (primary N) is 1. The number of rotatable bonds is 9. The summed E-state index contributed by atoms with van der Waals surface area (Å²) in [7, 11) is 0. The molecule has 0 aromatic carbocycles. The molecule has 4 heterocycles. The van der Waals surface area contributed by atoms with E-state index in [9.17, 15) is 24.3 Å². The minimum atomic E-state index is -1.34. The maximum atomic E-state index is 12.9. The number of aliphatic carboxylic acids is 1. The van der Waals surface area contributed by atoms with Gasteiger partial charge in [-0.05, 0) is 6.92 Å². The van der Waals surface area contributed by atoms with E-state index in [-0.39, 0.29) is 27.8 Å². The van der Waals surface area contributed by atoms with E-state index in [1.54, 1.807) is 23.2 Å². The van der Waals surface area contributed by atoms with Gasteiger partial charge in [0.1, 0.15) is 11.4 Å². The van der Waals surface area contributed by atoms with Crippen molar-refractivity contribution in [2.45, 2.75) is 31.0 Å². The second kappa shape index (κ2) is 10.3. The van der Waals surface area contributed by atoms with Crippen molar-refractivity contribution >= 4 is 57.9 Å². The Morgan fingerprint density at radius 3 is 2.75 bits per heavy atom. The van der Waals surface area contributed by atoms with Crippen LogP contribution in [0.4, 0.5) is 5.13 Å². The predicted molar refractivity (Wildman–Crippen MR) is 123 cm³/mol. The van der Waals surface area contributed by atoms with Gasteiger partial charge in [-0.3, -0.25) is 9.59 Å². The number of nitrogens with zero attached hydrogens (tertiary/aromatic N) is 5. The zero-order chi connectivity index (χ0) is 26.0. The fourth-order valence-corrected chi connectivity index (χ4v) is 4.97. The van der Waals surface area contributed by atoms with Crippen molar-refractivity contribution in [3.63, 3.8) is 0 Å². The summed E-state index contributed by atoms with van der Waals surface area (Å²) in [6, 6.07) is 2.01. The molecule has 2 aromatic rings. The van der Waals surface area contributed by atoms with Crippen molar-refractivity contribution in [2.75, 3.05) is 11.5 Å². The Hall–Kier alpha value is -4.05. The van der Waals surface area contributed by atoms with Gasteiger partial charge >= 0.3 is 5.97 Å². The number of anilines is 1. The van der Waals surface area contributed by atoms with E-state index in [1.165, 1.54) is 35.7 Å².